The number of aryl methyl sites for hydroxylation is 1. The Morgan fingerprint density at radius 1 is 1.21 bits per heavy atom. The minimum atomic E-state index is -0.662. The highest BCUT2D eigenvalue weighted by molar-refractivity contribution is 6.05. The van der Waals surface area contributed by atoms with E-state index in [4.69, 9.17) is 18.9 Å². The largest absolute Gasteiger partial charge is 0.493 e. The first-order valence-corrected chi connectivity index (χ1v) is 7.22. The van der Waals surface area contributed by atoms with Crippen LogP contribution in [0.3, 0.4) is 0 Å². The summed E-state index contributed by atoms with van der Waals surface area (Å²) in [4.78, 5) is 26.5. The Bertz CT molecular complexity index is 956. The second kappa shape index (κ2) is 5.16. The van der Waals surface area contributed by atoms with Crippen LogP contribution in [0.15, 0.2) is 23.0 Å². The summed E-state index contributed by atoms with van der Waals surface area (Å²) in [7, 11) is 1.53. The number of cyclic esters (lactones) is 1. The molecular weight excluding hydrogens is 314 g/mol. The van der Waals surface area contributed by atoms with E-state index in [-0.39, 0.29) is 12.4 Å². The smallest absolute Gasteiger partial charge is 0.349 e. The lowest BCUT2D eigenvalue weighted by Gasteiger charge is -2.06. The van der Waals surface area contributed by atoms with Crippen LogP contribution in [0, 0.1) is 6.92 Å². The van der Waals surface area contributed by atoms with Crippen molar-refractivity contribution in [2.45, 2.75) is 6.92 Å². The number of H-pyrrole nitrogens is 1. The van der Waals surface area contributed by atoms with Crippen LogP contribution in [0.25, 0.3) is 11.8 Å². The number of rotatable bonds is 2. The van der Waals surface area contributed by atoms with E-state index in [0.29, 0.717) is 39.8 Å². The summed E-state index contributed by atoms with van der Waals surface area (Å²) < 4.78 is 21.3. The molecule has 0 saturated carbocycles. The summed E-state index contributed by atoms with van der Waals surface area (Å²) >= 11 is 0. The van der Waals surface area contributed by atoms with E-state index in [9.17, 15) is 9.59 Å². The number of pyridine rings is 1. The fraction of sp³-hybridized carbons (Fsp3) is 0.176. The number of nitrogens with one attached hydrogen (secondary N) is 1. The van der Waals surface area contributed by atoms with Crippen molar-refractivity contribution < 1.29 is 23.7 Å². The van der Waals surface area contributed by atoms with Gasteiger partial charge in [0.1, 0.15) is 11.3 Å². The molecule has 0 spiro atoms. The molecule has 0 atom stereocenters. The van der Waals surface area contributed by atoms with Crippen LogP contribution in [0.2, 0.25) is 0 Å². The van der Waals surface area contributed by atoms with Crippen molar-refractivity contribution in [1.82, 2.24) is 4.98 Å². The summed E-state index contributed by atoms with van der Waals surface area (Å²) in [6.07, 6.45) is 1.66. The highest BCUT2D eigenvalue weighted by Gasteiger charge is 2.30. The molecule has 0 fully saturated rings. The van der Waals surface area contributed by atoms with Crippen LogP contribution < -0.4 is 19.8 Å². The van der Waals surface area contributed by atoms with Gasteiger partial charge < -0.3 is 23.9 Å². The lowest BCUT2D eigenvalue weighted by molar-refractivity contribution is 0.0715. The Morgan fingerprint density at radius 3 is 2.83 bits per heavy atom. The van der Waals surface area contributed by atoms with Gasteiger partial charge in [0, 0.05) is 11.3 Å². The van der Waals surface area contributed by atoms with Crippen LogP contribution in [-0.2, 0) is 4.74 Å². The minimum Gasteiger partial charge on any atom is -0.493 e. The van der Waals surface area contributed by atoms with Crippen molar-refractivity contribution in [3.63, 3.8) is 0 Å². The topological polar surface area (TPSA) is 86.9 Å². The number of carbonyl (C=O) groups is 1. The molecule has 0 radical (unpaired) electrons. The Hall–Kier alpha value is -3.22. The standard InChI is InChI=1S/C17H13NO6/c1-8-3-10-11(24-17(20)14(10)16(19)18-8)4-9-5-12(21-2)15-13(6-9)22-7-23-15/h3-6H,7H2,1-2H3,(H,18,19). The van der Waals surface area contributed by atoms with Gasteiger partial charge in [-0.1, -0.05) is 0 Å². The van der Waals surface area contributed by atoms with E-state index in [1.165, 1.54) is 7.11 Å². The third-order valence-electron chi connectivity index (χ3n) is 3.82. The van der Waals surface area contributed by atoms with E-state index in [0.717, 1.165) is 0 Å². The van der Waals surface area contributed by atoms with Crippen molar-refractivity contribution in [3.8, 4) is 17.2 Å². The maximum atomic E-state index is 12.0. The Labute approximate surface area is 136 Å². The number of fused-ring (bicyclic) bond motifs is 2. The number of esters is 1. The number of hydrogen-bond donors (Lipinski definition) is 1. The van der Waals surface area contributed by atoms with E-state index in [1.54, 1.807) is 31.2 Å². The normalized spacial score (nSPS) is 16.2. The number of benzene rings is 1. The third-order valence-corrected chi connectivity index (χ3v) is 3.82. The lowest BCUT2D eigenvalue weighted by Crippen LogP contribution is -2.16. The fourth-order valence-corrected chi connectivity index (χ4v) is 2.78. The van der Waals surface area contributed by atoms with Gasteiger partial charge in [0.25, 0.3) is 5.56 Å². The number of aromatic amines is 1. The van der Waals surface area contributed by atoms with Gasteiger partial charge in [-0.15, -0.1) is 0 Å². The van der Waals surface area contributed by atoms with Crippen molar-refractivity contribution in [3.05, 3.63) is 50.9 Å². The lowest BCUT2D eigenvalue weighted by atomic mass is 10.1. The monoisotopic (exact) mass is 327 g/mol. The molecule has 2 aliphatic rings. The predicted molar refractivity (Wildman–Crippen MR) is 84.2 cm³/mol. The quantitative estimate of drug-likeness (QED) is 0.850. The Kier molecular flexibility index (Phi) is 3.09. The van der Waals surface area contributed by atoms with Gasteiger partial charge in [-0.25, -0.2) is 4.79 Å². The number of aromatic nitrogens is 1. The van der Waals surface area contributed by atoms with Crippen molar-refractivity contribution in [2.24, 2.45) is 0 Å². The van der Waals surface area contributed by atoms with Crippen molar-refractivity contribution >= 4 is 17.8 Å². The van der Waals surface area contributed by atoms with Crippen LogP contribution in [-0.4, -0.2) is 24.9 Å². The molecule has 4 rings (SSSR count). The molecule has 0 amide bonds. The zero-order valence-electron chi connectivity index (χ0n) is 13.0. The van der Waals surface area contributed by atoms with E-state index < -0.39 is 11.5 Å². The number of carbonyl (C=O) groups excluding carboxylic acids is 1. The number of ether oxygens (including phenoxy) is 4. The summed E-state index contributed by atoms with van der Waals surface area (Å²) in [5.74, 6) is 1.25. The maximum Gasteiger partial charge on any atom is 0.349 e. The van der Waals surface area contributed by atoms with Crippen LogP contribution in [0.1, 0.15) is 27.2 Å². The zero-order valence-corrected chi connectivity index (χ0v) is 13.0. The Morgan fingerprint density at radius 2 is 2.04 bits per heavy atom. The van der Waals surface area contributed by atoms with E-state index in [1.807, 2.05) is 0 Å². The van der Waals surface area contributed by atoms with Gasteiger partial charge in [-0.2, -0.15) is 0 Å². The van der Waals surface area contributed by atoms with Gasteiger partial charge in [0.2, 0.25) is 12.5 Å². The second-order valence-electron chi connectivity index (χ2n) is 5.43. The van der Waals surface area contributed by atoms with Gasteiger partial charge >= 0.3 is 5.97 Å². The molecule has 2 aromatic rings. The average Bonchev–Trinajstić information content (AvgIpc) is 3.11. The van der Waals surface area contributed by atoms with Crippen molar-refractivity contribution in [2.75, 3.05) is 13.9 Å². The van der Waals surface area contributed by atoms with Gasteiger partial charge in [0.05, 0.1) is 7.11 Å². The molecular formula is C17H13NO6. The maximum absolute atomic E-state index is 12.0. The summed E-state index contributed by atoms with van der Waals surface area (Å²) in [5, 5.41) is 0. The second-order valence-corrected chi connectivity index (χ2v) is 5.43. The molecule has 7 nitrogen and oxygen atoms in total. The minimum absolute atomic E-state index is 0.0135. The molecule has 0 bridgehead atoms. The van der Waals surface area contributed by atoms with Crippen molar-refractivity contribution in [1.29, 1.82) is 0 Å². The SMILES string of the molecule is COc1cc(C=C2OC(=O)c3c2cc(C)[nH]c3=O)cc2c1OCO2. The third kappa shape index (κ3) is 2.13. The predicted octanol–water partition coefficient (Wildman–Crippen LogP) is 2.09. The highest BCUT2D eigenvalue weighted by atomic mass is 16.7. The van der Waals surface area contributed by atoms with Crippen LogP contribution >= 0.6 is 0 Å². The molecule has 1 aromatic carbocycles. The summed E-state index contributed by atoms with van der Waals surface area (Å²) in [6.45, 7) is 1.86. The molecule has 24 heavy (non-hydrogen) atoms. The molecule has 122 valence electrons. The first-order chi connectivity index (χ1) is 11.6. The average molecular weight is 327 g/mol. The first-order valence-electron chi connectivity index (χ1n) is 7.22. The fourth-order valence-electron chi connectivity index (χ4n) is 2.78. The molecule has 0 unspecified atom stereocenters. The highest BCUT2D eigenvalue weighted by Crippen LogP contribution is 2.42. The molecule has 1 aromatic heterocycles. The molecule has 7 heteroatoms. The number of hydrogen-bond acceptors (Lipinski definition) is 6. The van der Waals surface area contributed by atoms with E-state index >= 15 is 0 Å². The first kappa shape index (κ1) is 14.4. The van der Waals surface area contributed by atoms with Gasteiger partial charge in [-0.05, 0) is 36.8 Å². The molecule has 3 heterocycles. The molecule has 2 aliphatic heterocycles. The number of methoxy groups -OCH3 is 1. The zero-order chi connectivity index (χ0) is 16.8. The Balaban J connectivity index is 1.85. The molecule has 0 aliphatic carbocycles. The summed E-state index contributed by atoms with van der Waals surface area (Å²) in [6, 6.07) is 5.20. The van der Waals surface area contributed by atoms with Gasteiger partial charge in [-0.3, -0.25) is 4.79 Å². The van der Waals surface area contributed by atoms with Crippen LogP contribution in [0.5, 0.6) is 17.2 Å². The van der Waals surface area contributed by atoms with Crippen LogP contribution in [0.4, 0.5) is 0 Å². The molecule has 1 N–H and O–H groups in total. The van der Waals surface area contributed by atoms with Gasteiger partial charge in [0.15, 0.2) is 11.5 Å². The molecule has 0 saturated heterocycles. The summed E-state index contributed by atoms with van der Waals surface area (Å²) in [5.41, 5.74) is 1.37. The van der Waals surface area contributed by atoms with E-state index in [2.05, 4.69) is 4.98 Å².